The second kappa shape index (κ2) is 4.79. The first kappa shape index (κ1) is 11.2. The monoisotopic (exact) mass is 230 g/mol. The van der Waals surface area contributed by atoms with Gasteiger partial charge in [-0.15, -0.1) is 0 Å². The quantitative estimate of drug-likeness (QED) is 0.833. The van der Waals surface area contributed by atoms with Gasteiger partial charge in [-0.05, 0) is 30.9 Å². The van der Waals surface area contributed by atoms with Crippen molar-refractivity contribution in [2.24, 2.45) is 0 Å². The summed E-state index contributed by atoms with van der Waals surface area (Å²) in [6.07, 6.45) is 4.16. The van der Waals surface area contributed by atoms with Crippen molar-refractivity contribution in [3.05, 3.63) is 34.9 Å². The number of hydrogen-bond donors (Lipinski definition) is 2. The molecule has 1 aliphatic carbocycles. The fourth-order valence-corrected chi connectivity index (χ4v) is 2.88. The molecule has 1 aromatic rings. The molecule has 1 aliphatic heterocycles. The van der Waals surface area contributed by atoms with Gasteiger partial charge in [-0.2, -0.15) is 0 Å². The molecule has 17 heavy (non-hydrogen) atoms. The fourth-order valence-electron chi connectivity index (χ4n) is 2.88. The van der Waals surface area contributed by atoms with E-state index in [1.54, 1.807) is 5.56 Å². The number of rotatable bonds is 3. The molecular weight excluding hydrogens is 208 g/mol. The molecule has 1 unspecified atom stereocenters. The molecule has 92 valence electrons. The summed E-state index contributed by atoms with van der Waals surface area (Å²) in [6.45, 7) is 5.47. The van der Waals surface area contributed by atoms with E-state index >= 15 is 0 Å². The highest BCUT2D eigenvalue weighted by Crippen LogP contribution is 2.25. The van der Waals surface area contributed by atoms with E-state index in [2.05, 4.69) is 35.8 Å². The van der Waals surface area contributed by atoms with Crippen LogP contribution in [-0.2, 0) is 6.54 Å². The van der Waals surface area contributed by atoms with E-state index in [1.165, 1.54) is 30.4 Å². The molecule has 1 fully saturated rings. The van der Waals surface area contributed by atoms with Gasteiger partial charge in [0.05, 0.1) is 0 Å². The van der Waals surface area contributed by atoms with Crippen LogP contribution in [0, 0.1) is 6.92 Å². The zero-order valence-electron chi connectivity index (χ0n) is 10.6. The summed E-state index contributed by atoms with van der Waals surface area (Å²) >= 11 is 0. The van der Waals surface area contributed by atoms with Crippen molar-refractivity contribution < 1.29 is 0 Å². The molecule has 0 aromatic heterocycles. The maximum atomic E-state index is 3.70. The number of fused-ring (bicyclic) bond motifs is 1. The Kier molecular flexibility index (Phi) is 3.17. The van der Waals surface area contributed by atoms with Crippen molar-refractivity contribution in [2.45, 2.75) is 44.7 Å². The van der Waals surface area contributed by atoms with E-state index < -0.39 is 0 Å². The minimum atomic E-state index is 0.653. The third-order valence-electron chi connectivity index (χ3n) is 4.20. The molecule has 0 bridgehead atoms. The van der Waals surface area contributed by atoms with Crippen molar-refractivity contribution in [1.29, 1.82) is 0 Å². The van der Waals surface area contributed by atoms with Crippen LogP contribution in [0.3, 0.4) is 0 Å². The maximum absolute atomic E-state index is 3.70. The summed E-state index contributed by atoms with van der Waals surface area (Å²) in [6, 6.07) is 7.71. The fraction of sp³-hybridized carbons (Fsp3) is 0.600. The minimum Gasteiger partial charge on any atom is -0.313 e. The van der Waals surface area contributed by atoms with Crippen LogP contribution in [0.2, 0.25) is 0 Å². The summed E-state index contributed by atoms with van der Waals surface area (Å²) in [7, 11) is 0. The average Bonchev–Trinajstić information content (AvgIpc) is 2.26. The summed E-state index contributed by atoms with van der Waals surface area (Å²) < 4.78 is 0. The van der Waals surface area contributed by atoms with Crippen molar-refractivity contribution >= 4 is 0 Å². The van der Waals surface area contributed by atoms with Crippen LogP contribution in [0.4, 0.5) is 0 Å². The van der Waals surface area contributed by atoms with Gasteiger partial charge in [-0.25, -0.2) is 0 Å². The lowest BCUT2D eigenvalue weighted by atomic mass is 9.88. The Hall–Kier alpha value is -0.860. The van der Waals surface area contributed by atoms with E-state index in [0.29, 0.717) is 5.92 Å². The molecule has 0 saturated heterocycles. The van der Waals surface area contributed by atoms with E-state index in [4.69, 9.17) is 0 Å². The third kappa shape index (κ3) is 2.38. The molecule has 0 radical (unpaired) electrons. The molecule has 0 amide bonds. The zero-order chi connectivity index (χ0) is 11.7. The molecule has 2 aliphatic rings. The Balaban J connectivity index is 1.69. The molecule has 2 N–H and O–H groups in total. The van der Waals surface area contributed by atoms with Gasteiger partial charge in [0.2, 0.25) is 0 Å². The Morgan fingerprint density at radius 2 is 2.24 bits per heavy atom. The van der Waals surface area contributed by atoms with Gasteiger partial charge in [0.25, 0.3) is 0 Å². The summed E-state index contributed by atoms with van der Waals surface area (Å²) in [5.74, 6) is 0.653. The largest absolute Gasteiger partial charge is 0.313 e. The molecule has 2 nitrogen and oxygen atoms in total. The maximum Gasteiger partial charge on any atom is 0.0208 e. The minimum absolute atomic E-state index is 0.653. The average molecular weight is 230 g/mol. The number of benzene rings is 1. The Labute approximate surface area is 104 Å². The van der Waals surface area contributed by atoms with Crippen LogP contribution in [-0.4, -0.2) is 19.1 Å². The van der Waals surface area contributed by atoms with Crippen LogP contribution in [0.15, 0.2) is 18.2 Å². The van der Waals surface area contributed by atoms with Crippen molar-refractivity contribution in [2.75, 3.05) is 13.1 Å². The lowest BCUT2D eigenvalue weighted by molar-refractivity contribution is 0.327. The van der Waals surface area contributed by atoms with E-state index in [-0.39, 0.29) is 0 Å². The van der Waals surface area contributed by atoms with Gasteiger partial charge in [-0.1, -0.05) is 30.2 Å². The van der Waals surface area contributed by atoms with Crippen molar-refractivity contribution in [3.8, 4) is 0 Å². The van der Waals surface area contributed by atoms with Gasteiger partial charge >= 0.3 is 0 Å². The molecule has 1 atom stereocenters. The standard InChI is InChI=1S/C15H22N2/c1-11-5-6-15-12(7-11)8-16-9-13(15)10-17-14-3-2-4-14/h5-7,13-14,16-17H,2-4,8-10H2,1H3. The van der Waals surface area contributed by atoms with Gasteiger partial charge in [0, 0.05) is 31.6 Å². The molecule has 3 rings (SSSR count). The van der Waals surface area contributed by atoms with E-state index in [9.17, 15) is 0 Å². The Morgan fingerprint density at radius 3 is 3.00 bits per heavy atom. The normalized spacial score (nSPS) is 24.2. The summed E-state index contributed by atoms with van der Waals surface area (Å²) in [4.78, 5) is 0. The summed E-state index contributed by atoms with van der Waals surface area (Å²) in [5.41, 5.74) is 4.43. The number of aryl methyl sites for hydroxylation is 1. The van der Waals surface area contributed by atoms with Crippen LogP contribution in [0.25, 0.3) is 0 Å². The van der Waals surface area contributed by atoms with Crippen molar-refractivity contribution in [3.63, 3.8) is 0 Å². The first-order valence-corrected chi connectivity index (χ1v) is 6.86. The lowest BCUT2D eigenvalue weighted by Gasteiger charge is -2.32. The molecule has 2 heteroatoms. The Morgan fingerprint density at radius 1 is 1.35 bits per heavy atom. The molecular formula is C15H22N2. The highest BCUT2D eigenvalue weighted by molar-refractivity contribution is 5.36. The van der Waals surface area contributed by atoms with E-state index in [0.717, 1.165) is 25.7 Å². The summed E-state index contributed by atoms with van der Waals surface area (Å²) in [5, 5.41) is 7.24. The highest BCUT2D eigenvalue weighted by atomic mass is 15.0. The van der Waals surface area contributed by atoms with Crippen LogP contribution in [0.1, 0.15) is 41.9 Å². The third-order valence-corrected chi connectivity index (χ3v) is 4.20. The first-order valence-electron chi connectivity index (χ1n) is 6.86. The van der Waals surface area contributed by atoms with Crippen molar-refractivity contribution in [1.82, 2.24) is 10.6 Å². The predicted molar refractivity (Wildman–Crippen MR) is 71.3 cm³/mol. The SMILES string of the molecule is Cc1ccc2c(c1)CNCC2CNC1CCC1. The Bertz CT molecular complexity index is 396. The first-order chi connectivity index (χ1) is 8.33. The second-order valence-electron chi connectivity index (χ2n) is 5.57. The van der Waals surface area contributed by atoms with Crippen LogP contribution < -0.4 is 10.6 Å². The smallest absolute Gasteiger partial charge is 0.0208 e. The number of hydrogen-bond acceptors (Lipinski definition) is 2. The van der Waals surface area contributed by atoms with Gasteiger partial charge in [0.15, 0.2) is 0 Å². The zero-order valence-corrected chi connectivity index (χ0v) is 10.6. The molecule has 0 spiro atoms. The topological polar surface area (TPSA) is 24.1 Å². The second-order valence-corrected chi connectivity index (χ2v) is 5.57. The van der Waals surface area contributed by atoms with Crippen LogP contribution >= 0.6 is 0 Å². The predicted octanol–water partition coefficient (Wildman–Crippen LogP) is 2.32. The molecule has 1 aromatic carbocycles. The van der Waals surface area contributed by atoms with E-state index in [1.807, 2.05) is 0 Å². The van der Waals surface area contributed by atoms with Crippen LogP contribution in [0.5, 0.6) is 0 Å². The van der Waals surface area contributed by atoms with Gasteiger partial charge in [0.1, 0.15) is 0 Å². The number of nitrogens with one attached hydrogen (secondary N) is 2. The molecule has 1 heterocycles. The van der Waals surface area contributed by atoms with Gasteiger partial charge < -0.3 is 10.6 Å². The highest BCUT2D eigenvalue weighted by Gasteiger charge is 2.22. The molecule has 1 saturated carbocycles. The lowest BCUT2D eigenvalue weighted by Crippen LogP contribution is -2.41. The van der Waals surface area contributed by atoms with Gasteiger partial charge in [-0.3, -0.25) is 0 Å².